The number of ketones is 1. The Labute approximate surface area is 127 Å². The summed E-state index contributed by atoms with van der Waals surface area (Å²) < 4.78 is 0.988. The molecule has 2 heterocycles. The van der Waals surface area contributed by atoms with E-state index in [1.54, 1.807) is 12.3 Å². The normalized spacial score (nSPS) is 11.1. The van der Waals surface area contributed by atoms with E-state index in [2.05, 4.69) is 20.9 Å². The number of aryl methyl sites for hydroxylation is 1. The summed E-state index contributed by atoms with van der Waals surface area (Å²) in [7, 11) is 0. The highest BCUT2D eigenvalue weighted by Crippen LogP contribution is 2.32. The third-order valence-corrected chi connectivity index (χ3v) is 5.43. The molecule has 5 heteroatoms. The third-order valence-electron chi connectivity index (χ3n) is 2.98. The maximum atomic E-state index is 12.6. The molecule has 0 atom stereocenters. The molecule has 0 saturated heterocycles. The molecule has 0 spiro atoms. The Morgan fingerprint density at radius 3 is 2.89 bits per heavy atom. The number of nitrogens with one attached hydrogen (secondary N) is 1. The Morgan fingerprint density at radius 1 is 1.42 bits per heavy atom. The number of hydrogen-bond donors (Lipinski definition) is 1. The topological polar surface area (TPSA) is 32.9 Å². The molecule has 1 N–H and O–H groups in total. The van der Waals surface area contributed by atoms with Crippen molar-refractivity contribution < 1.29 is 4.79 Å². The van der Waals surface area contributed by atoms with Gasteiger partial charge in [-0.25, -0.2) is 0 Å². The van der Waals surface area contributed by atoms with Crippen LogP contribution in [0.1, 0.15) is 20.8 Å². The van der Waals surface area contributed by atoms with Crippen LogP contribution >= 0.6 is 38.9 Å². The van der Waals surface area contributed by atoms with Crippen LogP contribution in [-0.2, 0) is 0 Å². The Morgan fingerprint density at radius 2 is 2.21 bits per heavy atom. The number of H-pyrrole nitrogens is 1. The average Bonchev–Trinajstić information content (AvgIpc) is 2.94. The highest BCUT2D eigenvalue weighted by molar-refractivity contribution is 9.11. The fourth-order valence-electron chi connectivity index (χ4n) is 2.02. The molecule has 0 aliphatic rings. The molecule has 0 aliphatic carbocycles. The van der Waals surface area contributed by atoms with Crippen LogP contribution in [0.15, 0.2) is 34.2 Å². The molecular weight excluding hydrogens is 346 g/mol. The van der Waals surface area contributed by atoms with Crippen molar-refractivity contribution in [3.05, 3.63) is 55.3 Å². The molecule has 0 fully saturated rings. The number of benzene rings is 1. The predicted octanol–water partition coefficient (Wildman–Crippen LogP) is 5.18. The smallest absolute Gasteiger partial charge is 0.205 e. The fourth-order valence-corrected chi connectivity index (χ4v) is 3.79. The van der Waals surface area contributed by atoms with Gasteiger partial charge in [-0.15, -0.1) is 11.3 Å². The van der Waals surface area contributed by atoms with Crippen LogP contribution in [0.3, 0.4) is 0 Å². The number of carbonyl (C=O) groups is 1. The van der Waals surface area contributed by atoms with E-state index in [0.717, 1.165) is 20.3 Å². The first-order chi connectivity index (χ1) is 9.08. The molecule has 0 bridgehead atoms. The summed E-state index contributed by atoms with van der Waals surface area (Å²) in [6.07, 6.45) is 1.72. The van der Waals surface area contributed by atoms with Crippen molar-refractivity contribution in [2.45, 2.75) is 6.92 Å². The lowest BCUT2D eigenvalue weighted by Gasteiger charge is -1.98. The molecule has 2 nitrogen and oxygen atoms in total. The summed E-state index contributed by atoms with van der Waals surface area (Å²) in [5.74, 6) is -0.00171. The zero-order valence-electron chi connectivity index (χ0n) is 9.96. The number of carbonyl (C=O) groups excluding carboxylic acids is 1. The van der Waals surface area contributed by atoms with E-state index in [1.807, 2.05) is 25.1 Å². The number of fused-ring (bicyclic) bond motifs is 1. The van der Waals surface area contributed by atoms with Crippen molar-refractivity contribution >= 4 is 55.6 Å². The minimum absolute atomic E-state index is 0.00171. The minimum atomic E-state index is -0.00171. The maximum Gasteiger partial charge on any atom is 0.205 e. The van der Waals surface area contributed by atoms with Gasteiger partial charge in [0.1, 0.15) is 0 Å². The van der Waals surface area contributed by atoms with Gasteiger partial charge in [0.25, 0.3) is 0 Å². The fraction of sp³-hybridized carbons (Fsp3) is 0.0714. The third kappa shape index (κ3) is 2.14. The van der Waals surface area contributed by atoms with E-state index in [1.165, 1.54) is 11.3 Å². The van der Waals surface area contributed by atoms with Crippen molar-refractivity contribution in [2.75, 3.05) is 0 Å². The van der Waals surface area contributed by atoms with Gasteiger partial charge in [0.05, 0.1) is 19.2 Å². The van der Waals surface area contributed by atoms with E-state index < -0.39 is 0 Å². The van der Waals surface area contributed by atoms with Gasteiger partial charge in [0.2, 0.25) is 5.78 Å². The van der Waals surface area contributed by atoms with Gasteiger partial charge in [0.15, 0.2) is 0 Å². The molecule has 0 saturated carbocycles. The first-order valence-electron chi connectivity index (χ1n) is 5.64. The summed E-state index contributed by atoms with van der Waals surface area (Å²) in [5, 5.41) is 1.38. The summed E-state index contributed by atoms with van der Waals surface area (Å²) in [6, 6.07) is 7.46. The van der Waals surface area contributed by atoms with Crippen LogP contribution in [0, 0.1) is 6.92 Å². The van der Waals surface area contributed by atoms with Crippen LogP contribution in [-0.4, -0.2) is 10.8 Å². The maximum absolute atomic E-state index is 12.6. The van der Waals surface area contributed by atoms with E-state index in [9.17, 15) is 4.79 Å². The molecule has 96 valence electrons. The standard InChI is InChI=1S/C14H9BrClNOS/c1-7-5-11(19-14(7)15)13(18)8-6-17-10-4-2-3-9(16)12(8)10/h2-6,17H,1H3. The zero-order chi connectivity index (χ0) is 13.6. The van der Waals surface area contributed by atoms with Gasteiger partial charge in [-0.1, -0.05) is 17.7 Å². The first kappa shape index (κ1) is 12.9. The molecule has 0 radical (unpaired) electrons. The van der Waals surface area contributed by atoms with Gasteiger partial charge in [-0.3, -0.25) is 4.79 Å². The van der Waals surface area contributed by atoms with Crippen molar-refractivity contribution in [1.82, 2.24) is 4.98 Å². The van der Waals surface area contributed by atoms with Gasteiger partial charge in [-0.05, 0) is 46.6 Å². The zero-order valence-corrected chi connectivity index (χ0v) is 13.1. The van der Waals surface area contributed by atoms with Crippen LogP contribution < -0.4 is 0 Å². The highest BCUT2D eigenvalue weighted by Gasteiger charge is 2.18. The second-order valence-corrected chi connectivity index (χ2v) is 7.04. The van der Waals surface area contributed by atoms with Crippen molar-refractivity contribution in [2.24, 2.45) is 0 Å². The Hall–Kier alpha value is -1.10. The highest BCUT2D eigenvalue weighted by atomic mass is 79.9. The molecule has 3 aromatic rings. The summed E-state index contributed by atoms with van der Waals surface area (Å²) in [6.45, 7) is 1.97. The number of halogens is 2. The number of aromatic amines is 1. The number of thiophene rings is 1. The molecular formula is C14H9BrClNOS. The van der Waals surface area contributed by atoms with Gasteiger partial charge in [0, 0.05) is 17.1 Å². The summed E-state index contributed by atoms with van der Waals surface area (Å²) in [5.41, 5.74) is 2.57. The van der Waals surface area contributed by atoms with E-state index in [4.69, 9.17) is 11.6 Å². The number of aromatic nitrogens is 1. The van der Waals surface area contributed by atoms with E-state index in [0.29, 0.717) is 15.5 Å². The van der Waals surface area contributed by atoms with Gasteiger partial charge in [-0.2, -0.15) is 0 Å². The Kier molecular flexibility index (Phi) is 3.25. The number of hydrogen-bond acceptors (Lipinski definition) is 2. The Balaban J connectivity index is 2.17. The van der Waals surface area contributed by atoms with Crippen LogP contribution in [0.25, 0.3) is 10.9 Å². The lowest BCUT2D eigenvalue weighted by Crippen LogP contribution is -1.97. The average molecular weight is 355 g/mol. The second-order valence-electron chi connectivity index (χ2n) is 4.26. The predicted molar refractivity (Wildman–Crippen MR) is 83.5 cm³/mol. The largest absolute Gasteiger partial charge is 0.360 e. The lowest BCUT2D eigenvalue weighted by atomic mass is 10.1. The minimum Gasteiger partial charge on any atom is -0.360 e. The molecule has 1 aromatic carbocycles. The molecule has 3 rings (SSSR count). The lowest BCUT2D eigenvalue weighted by molar-refractivity contribution is 0.104. The van der Waals surface area contributed by atoms with Crippen molar-refractivity contribution in [1.29, 1.82) is 0 Å². The Bertz CT molecular complexity index is 770. The molecule has 2 aromatic heterocycles. The van der Waals surface area contributed by atoms with Crippen LogP contribution in [0.5, 0.6) is 0 Å². The van der Waals surface area contributed by atoms with Gasteiger partial charge < -0.3 is 4.98 Å². The van der Waals surface area contributed by atoms with Crippen LogP contribution in [0.4, 0.5) is 0 Å². The molecule has 0 unspecified atom stereocenters. The van der Waals surface area contributed by atoms with Crippen molar-refractivity contribution in [3.63, 3.8) is 0 Å². The van der Waals surface area contributed by atoms with E-state index in [-0.39, 0.29) is 5.78 Å². The monoisotopic (exact) mass is 353 g/mol. The SMILES string of the molecule is Cc1cc(C(=O)c2c[nH]c3cccc(Cl)c23)sc1Br. The van der Waals surface area contributed by atoms with E-state index >= 15 is 0 Å². The second kappa shape index (κ2) is 4.78. The molecule has 0 aliphatic heterocycles. The van der Waals surface area contributed by atoms with Crippen LogP contribution in [0.2, 0.25) is 5.02 Å². The first-order valence-corrected chi connectivity index (χ1v) is 7.63. The molecule has 0 amide bonds. The molecule has 19 heavy (non-hydrogen) atoms. The van der Waals surface area contributed by atoms with Gasteiger partial charge >= 0.3 is 0 Å². The van der Waals surface area contributed by atoms with Crippen molar-refractivity contribution in [3.8, 4) is 0 Å². The summed E-state index contributed by atoms with van der Waals surface area (Å²) >= 11 is 11.1. The summed E-state index contributed by atoms with van der Waals surface area (Å²) in [4.78, 5) is 16.4. The number of rotatable bonds is 2. The quantitative estimate of drug-likeness (QED) is 0.632.